The minimum absolute atomic E-state index is 0.0225. The Morgan fingerprint density at radius 3 is 2.33 bits per heavy atom. The third-order valence-electron chi connectivity index (χ3n) is 11.7. The van der Waals surface area contributed by atoms with Crippen molar-refractivity contribution < 1.29 is 4.42 Å². The second-order valence-corrected chi connectivity index (χ2v) is 15.7. The summed E-state index contributed by atoms with van der Waals surface area (Å²) in [6.45, 7) is 11.4. The van der Waals surface area contributed by atoms with Crippen molar-refractivity contribution in [3.05, 3.63) is 197 Å². The molecule has 5 aromatic carbocycles. The molecule has 0 spiro atoms. The zero-order valence-electron chi connectivity index (χ0n) is 32.9. The van der Waals surface area contributed by atoms with E-state index in [1.165, 1.54) is 33.3 Å². The fraction of sp³-hybridized carbons (Fsp3) is 0.151. The van der Waals surface area contributed by atoms with Gasteiger partial charge < -0.3 is 14.7 Å². The normalized spacial score (nSPS) is 17.4. The second kappa shape index (κ2) is 14.8. The SMILES string of the molecule is C=C1C/C=C\C=C/CCC(C)(C)C2=CCc3c(c4cc(-c5cccc6c5oc5c(C(N)=N/C(=C\C)c7ccccc7)cccc56)ccc4n3-c3ccccc3)C=C12. The Kier molecular flexibility index (Phi) is 9.34. The van der Waals surface area contributed by atoms with E-state index in [1.54, 1.807) is 0 Å². The Labute approximate surface area is 335 Å². The monoisotopic (exact) mass is 741 g/mol. The summed E-state index contributed by atoms with van der Waals surface area (Å²) in [7, 11) is 0. The molecule has 0 saturated heterocycles. The first-order chi connectivity index (χ1) is 27.8. The summed E-state index contributed by atoms with van der Waals surface area (Å²) in [4.78, 5) is 4.89. The van der Waals surface area contributed by atoms with Gasteiger partial charge in [0.2, 0.25) is 0 Å². The van der Waals surface area contributed by atoms with Crippen molar-refractivity contribution >= 4 is 50.5 Å². The maximum atomic E-state index is 6.87. The maximum absolute atomic E-state index is 6.87. The maximum Gasteiger partial charge on any atom is 0.146 e. The minimum atomic E-state index is -0.0225. The number of aliphatic imine (C=N–C) groups is 1. The van der Waals surface area contributed by atoms with Gasteiger partial charge in [0.25, 0.3) is 0 Å². The van der Waals surface area contributed by atoms with Crippen molar-refractivity contribution in [3.63, 3.8) is 0 Å². The van der Waals surface area contributed by atoms with E-state index in [4.69, 9.17) is 15.1 Å². The Bertz CT molecular complexity index is 2890. The molecule has 4 heteroatoms. The van der Waals surface area contributed by atoms with E-state index in [1.807, 2.05) is 55.5 Å². The minimum Gasteiger partial charge on any atom is -0.455 e. The molecule has 0 radical (unpaired) electrons. The summed E-state index contributed by atoms with van der Waals surface area (Å²) >= 11 is 0. The van der Waals surface area contributed by atoms with E-state index in [0.29, 0.717) is 5.84 Å². The summed E-state index contributed by atoms with van der Waals surface area (Å²) in [5.41, 5.74) is 21.7. The predicted molar refractivity (Wildman–Crippen MR) is 242 cm³/mol. The van der Waals surface area contributed by atoms with Gasteiger partial charge in [0, 0.05) is 45.1 Å². The lowest BCUT2D eigenvalue weighted by Crippen LogP contribution is -2.17. The third kappa shape index (κ3) is 6.51. The van der Waals surface area contributed by atoms with Crippen LogP contribution in [0.25, 0.3) is 61.4 Å². The summed E-state index contributed by atoms with van der Waals surface area (Å²) in [5, 5.41) is 3.26. The highest BCUT2D eigenvalue weighted by Crippen LogP contribution is 2.46. The Balaban J connectivity index is 1.23. The molecule has 0 bridgehead atoms. The van der Waals surface area contributed by atoms with Crippen LogP contribution in [-0.2, 0) is 6.42 Å². The van der Waals surface area contributed by atoms with Gasteiger partial charge in [-0.05, 0) is 95.9 Å². The quantitative estimate of drug-likeness (QED) is 0.141. The van der Waals surface area contributed by atoms with Gasteiger partial charge in [0.05, 0.1) is 16.8 Å². The molecule has 0 aliphatic heterocycles. The zero-order valence-corrected chi connectivity index (χ0v) is 32.9. The lowest BCUT2D eigenvalue weighted by Gasteiger charge is -2.30. The number of furan rings is 1. The first kappa shape index (κ1) is 36.0. The average Bonchev–Trinajstić information content (AvgIpc) is 3.68. The molecule has 0 saturated carbocycles. The molecule has 2 aliphatic carbocycles. The second-order valence-electron chi connectivity index (χ2n) is 15.7. The van der Waals surface area contributed by atoms with Crippen LogP contribution >= 0.6 is 0 Å². The van der Waals surface area contributed by atoms with Gasteiger partial charge in [-0.1, -0.05) is 142 Å². The highest BCUT2D eigenvalue weighted by molar-refractivity contribution is 6.17. The van der Waals surface area contributed by atoms with Crippen LogP contribution in [0.4, 0.5) is 0 Å². The van der Waals surface area contributed by atoms with Crippen molar-refractivity contribution in [2.75, 3.05) is 0 Å². The van der Waals surface area contributed by atoms with Gasteiger partial charge in [-0.25, -0.2) is 4.99 Å². The molecule has 9 rings (SSSR count). The van der Waals surface area contributed by atoms with Crippen molar-refractivity contribution in [3.8, 4) is 16.8 Å². The number of para-hydroxylation sites is 3. The van der Waals surface area contributed by atoms with Gasteiger partial charge in [-0.2, -0.15) is 0 Å². The highest BCUT2D eigenvalue weighted by Gasteiger charge is 2.30. The molecule has 0 unspecified atom stereocenters. The van der Waals surface area contributed by atoms with Gasteiger partial charge >= 0.3 is 0 Å². The van der Waals surface area contributed by atoms with E-state index < -0.39 is 0 Å². The molecule has 2 aromatic heterocycles. The molecule has 280 valence electrons. The van der Waals surface area contributed by atoms with Gasteiger partial charge in [-0.15, -0.1) is 0 Å². The summed E-state index contributed by atoms with van der Waals surface area (Å²) < 4.78 is 9.32. The lowest BCUT2D eigenvalue weighted by molar-refractivity contribution is 0.417. The largest absolute Gasteiger partial charge is 0.455 e. The summed E-state index contributed by atoms with van der Waals surface area (Å²) in [6.07, 6.45) is 19.5. The molecule has 4 nitrogen and oxygen atoms in total. The molecule has 2 aliphatic rings. The summed E-state index contributed by atoms with van der Waals surface area (Å²) in [5.74, 6) is 0.415. The van der Waals surface area contributed by atoms with Crippen LogP contribution < -0.4 is 5.73 Å². The number of hydrogen-bond donors (Lipinski definition) is 1. The number of hydrogen-bond acceptors (Lipinski definition) is 2. The van der Waals surface area contributed by atoms with E-state index >= 15 is 0 Å². The molecule has 2 N–H and O–H groups in total. The van der Waals surface area contributed by atoms with Gasteiger partial charge in [0.15, 0.2) is 0 Å². The molecule has 57 heavy (non-hydrogen) atoms. The molecule has 7 aromatic rings. The van der Waals surface area contributed by atoms with Crippen LogP contribution in [0.1, 0.15) is 62.4 Å². The van der Waals surface area contributed by atoms with Crippen LogP contribution in [-0.4, -0.2) is 10.4 Å². The molecule has 2 heterocycles. The average molecular weight is 742 g/mol. The van der Waals surface area contributed by atoms with Crippen LogP contribution in [0.3, 0.4) is 0 Å². The standard InChI is InChI=1S/C53H47N3O/c1-5-47(36-20-12-9-13-21-36)55-52(54)42-27-18-26-41-40-25-17-24-39(50(40)57-51(41)42)37-28-30-48-44(33-37)45-34-43-35(2)19-11-7-6-8-16-32-53(3,4)46(43)29-31-49(45)56(48)38-22-14-10-15-23-38/h5-15,17-18,20-30,33-34H,2,16,19,31-32H2,1,3-4H3,(H2,54,55)/b8-6-,11-7-,47-5-. The van der Waals surface area contributed by atoms with E-state index in [0.717, 1.165) is 86.8 Å². The first-order valence-corrected chi connectivity index (χ1v) is 20.0. The molecule has 0 amide bonds. The number of rotatable bonds is 5. The van der Waals surface area contributed by atoms with Crippen LogP contribution in [0.2, 0.25) is 0 Å². The molecular weight excluding hydrogens is 695 g/mol. The lowest BCUT2D eigenvalue weighted by atomic mass is 9.74. The number of nitrogens with zero attached hydrogens (tertiary/aromatic N) is 2. The number of aromatic nitrogens is 1. The zero-order chi connectivity index (χ0) is 39.1. The number of allylic oxidation sites excluding steroid dienone is 9. The van der Waals surface area contributed by atoms with Gasteiger partial charge in [-0.3, -0.25) is 0 Å². The highest BCUT2D eigenvalue weighted by atomic mass is 16.3. The van der Waals surface area contributed by atoms with Crippen LogP contribution in [0.15, 0.2) is 184 Å². The topological polar surface area (TPSA) is 56.4 Å². The van der Waals surface area contributed by atoms with Crippen molar-refractivity contribution in [1.29, 1.82) is 0 Å². The van der Waals surface area contributed by atoms with Crippen molar-refractivity contribution in [1.82, 2.24) is 4.57 Å². The van der Waals surface area contributed by atoms with Crippen LogP contribution in [0, 0.1) is 5.41 Å². The molecule has 0 fully saturated rings. The van der Waals surface area contributed by atoms with E-state index in [-0.39, 0.29) is 5.41 Å². The third-order valence-corrected chi connectivity index (χ3v) is 11.7. The Morgan fingerprint density at radius 1 is 0.807 bits per heavy atom. The summed E-state index contributed by atoms with van der Waals surface area (Å²) in [6, 6.07) is 40.3. The van der Waals surface area contributed by atoms with Crippen LogP contribution in [0.5, 0.6) is 0 Å². The predicted octanol–water partition coefficient (Wildman–Crippen LogP) is 13.7. The first-order valence-electron chi connectivity index (χ1n) is 20.0. The van der Waals surface area contributed by atoms with E-state index in [2.05, 4.69) is 134 Å². The van der Waals surface area contributed by atoms with E-state index in [9.17, 15) is 0 Å². The number of nitrogens with two attached hydrogens (primary N) is 1. The number of benzene rings is 5. The van der Waals surface area contributed by atoms with Crippen molar-refractivity contribution in [2.45, 2.75) is 46.5 Å². The Morgan fingerprint density at radius 2 is 1.54 bits per heavy atom. The smallest absolute Gasteiger partial charge is 0.146 e. The van der Waals surface area contributed by atoms with Crippen molar-refractivity contribution in [2.24, 2.45) is 16.1 Å². The fourth-order valence-corrected chi connectivity index (χ4v) is 8.73. The molecule has 0 atom stereocenters. The van der Waals surface area contributed by atoms with Gasteiger partial charge in [0.1, 0.15) is 17.0 Å². The number of fused-ring (bicyclic) bond motifs is 7. The molecular formula is C53H47N3O. The fourth-order valence-electron chi connectivity index (χ4n) is 8.73. The Hall–Kier alpha value is -6.65. The number of amidine groups is 1.